The van der Waals surface area contributed by atoms with Crippen LogP contribution in [-0.2, 0) is 18.9 Å². The molecule has 0 aromatic heterocycles. The molecule has 2 rings (SSSR count). The van der Waals surface area contributed by atoms with Crippen LogP contribution in [0.25, 0.3) is 0 Å². The van der Waals surface area contributed by atoms with Gasteiger partial charge in [0.15, 0.2) is 12.1 Å². The molecule has 17 heavy (non-hydrogen) atoms. The minimum Gasteiger partial charge on any atom is -0.375 e. The summed E-state index contributed by atoms with van der Waals surface area (Å²) < 4.78 is 22.4. The zero-order chi connectivity index (χ0) is 12.8. The van der Waals surface area contributed by atoms with Crippen LogP contribution in [0.1, 0.15) is 20.8 Å². The first-order chi connectivity index (χ1) is 7.83. The molecule has 5 nitrogen and oxygen atoms in total. The molecule has 0 aliphatic carbocycles. The van der Waals surface area contributed by atoms with Crippen molar-refractivity contribution in [2.24, 2.45) is 0 Å². The van der Waals surface area contributed by atoms with Gasteiger partial charge in [0.1, 0.15) is 23.9 Å². The number of aliphatic hydroxyl groups excluding tert-OH is 1. The van der Waals surface area contributed by atoms with Crippen LogP contribution in [0, 0.1) is 0 Å². The first-order valence-corrected chi connectivity index (χ1v) is 5.71. The Morgan fingerprint density at radius 2 is 1.76 bits per heavy atom. The Labute approximate surface area is 101 Å². The molecule has 2 saturated heterocycles. The average molecular weight is 244 g/mol. The van der Waals surface area contributed by atoms with E-state index in [1.165, 1.54) is 0 Å². The fraction of sp³-hybridized carbons (Fsp3) is 0.833. The molecule has 2 aliphatic heterocycles. The van der Waals surface area contributed by atoms with Crippen molar-refractivity contribution in [2.75, 3.05) is 7.11 Å². The molecule has 98 valence electrons. The van der Waals surface area contributed by atoms with Gasteiger partial charge in [-0.1, -0.05) is 6.08 Å². The number of aliphatic hydroxyl groups is 1. The molecule has 0 radical (unpaired) electrons. The molecule has 2 heterocycles. The number of fused-ring (bicyclic) bond motifs is 1. The van der Waals surface area contributed by atoms with Crippen LogP contribution in [0.4, 0.5) is 0 Å². The van der Waals surface area contributed by atoms with Gasteiger partial charge in [-0.2, -0.15) is 0 Å². The fourth-order valence-electron chi connectivity index (χ4n) is 2.52. The van der Waals surface area contributed by atoms with E-state index in [2.05, 4.69) is 6.58 Å². The lowest BCUT2D eigenvalue weighted by Crippen LogP contribution is -2.61. The highest BCUT2D eigenvalue weighted by Crippen LogP contribution is 2.41. The van der Waals surface area contributed by atoms with Gasteiger partial charge in [0.2, 0.25) is 0 Å². The lowest BCUT2D eigenvalue weighted by molar-refractivity contribution is -0.282. The predicted molar refractivity (Wildman–Crippen MR) is 60.3 cm³/mol. The minimum atomic E-state index is -1.05. The summed E-state index contributed by atoms with van der Waals surface area (Å²) in [5.41, 5.74) is -0.793. The maximum absolute atomic E-state index is 9.96. The number of ether oxygens (including phenoxy) is 4. The van der Waals surface area contributed by atoms with Crippen LogP contribution >= 0.6 is 0 Å². The molecule has 2 fully saturated rings. The van der Waals surface area contributed by atoms with E-state index in [0.29, 0.717) is 0 Å². The lowest BCUT2D eigenvalue weighted by atomic mass is 9.88. The summed E-state index contributed by atoms with van der Waals surface area (Å²) in [6.45, 7) is 9.14. The fourth-order valence-corrected chi connectivity index (χ4v) is 2.52. The minimum absolute atomic E-state index is 0.366. The van der Waals surface area contributed by atoms with Crippen molar-refractivity contribution in [1.29, 1.82) is 0 Å². The van der Waals surface area contributed by atoms with E-state index in [4.69, 9.17) is 18.9 Å². The summed E-state index contributed by atoms with van der Waals surface area (Å²) >= 11 is 0. The Hall–Kier alpha value is -0.460. The van der Waals surface area contributed by atoms with Gasteiger partial charge in [-0.05, 0) is 20.8 Å². The Morgan fingerprint density at radius 3 is 2.29 bits per heavy atom. The van der Waals surface area contributed by atoms with Crippen molar-refractivity contribution in [1.82, 2.24) is 0 Å². The average Bonchev–Trinajstić information content (AvgIpc) is 2.55. The van der Waals surface area contributed by atoms with Gasteiger partial charge in [-0.25, -0.2) is 0 Å². The second kappa shape index (κ2) is 4.03. The van der Waals surface area contributed by atoms with E-state index >= 15 is 0 Å². The maximum Gasteiger partial charge on any atom is 0.185 e. The van der Waals surface area contributed by atoms with E-state index in [9.17, 15) is 5.11 Å². The van der Waals surface area contributed by atoms with Gasteiger partial charge in [-0.15, -0.1) is 6.58 Å². The van der Waals surface area contributed by atoms with Crippen LogP contribution < -0.4 is 0 Å². The topological polar surface area (TPSA) is 57.2 Å². The Kier molecular flexibility index (Phi) is 3.08. The van der Waals surface area contributed by atoms with E-state index in [1.807, 2.05) is 6.92 Å². The monoisotopic (exact) mass is 244 g/mol. The number of methoxy groups -OCH3 is 1. The van der Waals surface area contributed by atoms with E-state index < -0.39 is 23.8 Å². The molecule has 5 atom stereocenters. The Bertz CT molecular complexity index is 316. The van der Waals surface area contributed by atoms with E-state index in [1.54, 1.807) is 27.0 Å². The Balaban J connectivity index is 2.31. The summed E-state index contributed by atoms with van der Waals surface area (Å²) in [6.07, 6.45) is -0.703. The molecule has 0 amide bonds. The molecule has 1 N–H and O–H groups in total. The zero-order valence-corrected chi connectivity index (χ0v) is 10.7. The molecule has 0 aromatic carbocycles. The SMILES string of the molecule is C=CC1(C)OC(O)C2OC(C)(C)OC2C1OC. The third-order valence-electron chi connectivity index (χ3n) is 3.34. The second-order valence-corrected chi connectivity index (χ2v) is 5.12. The van der Waals surface area contributed by atoms with Gasteiger partial charge < -0.3 is 24.1 Å². The summed E-state index contributed by atoms with van der Waals surface area (Å²) in [5.74, 6) is -0.747. The lowest BCUT2D eigenvalue weighted by Gasteiger charge is -2.45. The summed E-state index contributed by atoms with van der Waals surface area (Å²) in [7, 11) is 1.58. The standard InChI is InChI=1S/C12H20O5/c1-6-12(4)9(14-5)7-8(10(13)17-12)16-11(2,3)15-7/h6-10,13H,1H2,2-5H3. The van der Waals surface area contributed by atoms with Crippen molar-refractivity contribution in [2.45, 2.75) is 56.8 Å². The molecule has 0 bridgehead atoms. The molecular formula is C12H20O5. The first-order valence-electron chi connectivity index (χ1n) is 5.71. The number of hydrogen-bond acceptors (Lipinski definition) is 5. The summed E-state index contributed by atoms with van der Waals surface area (Å²) in [6, 6.07) is 0. The first kappa shape index (κ1) is 13.0. The van der Waals surface area contributed by atoms with Crippen molar-refractivity contribution in [3.05, 3.63) is 12.7 Å². The largest absolute Gasteiger partial charge is 0.375 e. The molecular weight excluding hydrogens is 224 g/mol. The molecule has 0 aromatic rings. The van der Waals surface area contributed by atoms with Gasteiger partial charge in [0.25, 0.3) is 0 Å². The molecule has 0 spiro atoms. The quantitative estimate of drug-likeness (QED) is 0.729. The van der Waals surface area contributed by atoms with Gasteiger partial charge in [0.05, 0.1) is 0 Å². The van der Waals surface area contributed by atoms with Gasteiger partial charge in [-0.3, -0.25) is 0 Å². The zero-order valence-electron chi connectivity index (χ0n) is 10.7. The highest BCUT2D eigenvalue weighted by Gasteiger charge is 2.58. The number of rotatable bonds is 2. The Morgan fingerprint density at radius 1 is 1.18 bits per heavy atom. The highest BCUT2D eigenvalue weighted by molar-refractivity contribution is 5.10. The normalized spacial score (nSPS) is 48.8. The van der Waals surface area contributed by atoms with Gasteiger partial charge in [0, 0.05) is 7.11 Å². The third kappa shape index (κ3) is 2.02. The van der Waals surface area contributed by atoms with Crippen LogP contribution in [-0.4, -0.2) is 48.2 Å². The molecule has 0 saturated carbocycles. The summed E-state index contributed by atoms with van der Waals surface area (Å²) in [4.78, 5) is 0. The van der Waals surface area contributed by atoms with E-state index in [-0.39, 0.29) is 12.2 Å². The van der Waals surface area contributed by atoms with Crippen molar-refractivity contribution < 1.29 is 24.1 Å². The third-order valence-corrected chi connectivity index (χ3v) is 3.34. The summed E-state index contributed by atoms with van der Waals surface area (Å²) in [5, 5.41) is 9.96. The van der Waals surface area contributed by atoms with Crippen LogP contribution in [0.2, 0.25) is 0 Å². The van der Waals surface area contributed by atoms with Crippen molar-refractivity contribution in [3.63, 3.8) is 0 Å². The van der Waals surface area contributed by atoms with Crippen LogP contribution in [0.15, 0.2) is 12.7 Å². The number of hydrogen-bond donors (Lipinski definition) is 1. The van der Waals surface area contributed by atoms with Crippen molar-refractivity contribution >= 4 is 0 Å². The van der Waals surface area contributed by atoms with Crippen LogP contribution in [0.5, 0.6) is 0 Å². The highest BCUT2D eigenvalue weighted by atomic mass is 16.8. The molecule has 5 heteroatoms. The second-order valence-electron chi connectivity index (χ2n) is 5.12. The van der Waals surface area contributed by atoms with Crippen molar-refractivity contribution in [3.8, 4) is 0 Å². The smallest absolute Gasteiger partial charge is 0.185 e. The maximum atomic E-state index is 9.96. The van der Waals surface area contributed by atoms with Crippen LogP contribution in [0.3, 0.4) is 0 Å². The van der Waals surface area contributed by atoms with E-state index in [0.717, 1.165) is 0 Å². The molecule has 5 unspecified atom stereocenters. The van der Waals surface area contributed by atoms with Gasteiger partial charge >= 0.3 is 0 Å². The molecule has 2 aliphatic rings. The predicted octanol–water partition coefficient (Wildman–Crippen LogP) is 0.815.